The third-order valence-corrected chi connectivity index (χ3v) is 4.95. The molecule has 4 aromatic rings. The van der Waals surface area contributed by atoms with E-state index in [1.165, 1.54) is 10.7 Å². The molecular weight excluding hydrogens is 413 g/mol. The molecule has 2 heterocycles. The summed E-state index contributed by atoms with van der Waals surface area (Å²) < 4.78 is 20.7. The van der Waals surface area contributed by atoms with Crippen molar-refractivity contribution in [2.24, 2.45) is 0 Å². The van der Waals surface area contributed by atoms with Gasteiger partial charge in [-0.15, -0.1) is 5.10 Å². The number of carbonyl (C=O) groups is 1. The standard InChI is InChI=1S/C22H22FN7O2/c1-14-21(27-29-30(14)13-17-10-6-7-11-18(17)23)26-22(31)25-19(16-8-4-3-5-9-16)12-20-24-15(2)28-32-20/h3-11,19H,12-13H2,1-2H3,(H2,25,26,31). The number of aromatic nitrogens is 5. The normalized spacial score (nSPS) is 11.8. The van der Waals surface area contributed by atoms with Gasteiger partial charge in [0.05, 0.1) is 24.7 Å². The molecule has 0 aliphatic carbocycles. The molecule has 2 N–H and O–H groups in total. The number of hydrogen-bond donors (Lipinski definition) is 2. The largest absolute Gasteiger partial charge is 0.339 e. The molecule has 32 heavy (non-hydrogen) atoms. The van der Waals surface area contributed by atoms with Gasteiger partial charge in [0.2, 0.25) is 5.89 Å². The van der Waals surface area contributed by atoms with Gasteiger partial charge >= 0.3 is 6.03 Å². The van der Waals surface area contributed by atoms with E-state index in [2.05, 4.69) is 31.1 Å². The number of hydrogen-bond acceptors (Lipinski definition) is 6. The number of nitrogens with zero attached hydrogens (tertiary/aromatic N) is 5. The van der Waals surface area contributed by atoms with E-state index in [1.807, 2.05) is 30.3 Å². The number of aryl methyl sites for hydroxylation is 1. The van der Waals surface area contributed by atoms with Crippen LogP contribution in [-0.4, -0.2) is 31.2 Å². The van der Waals surface area contributed by atoms with E-state index in [9.17, 15) is 9.18 Å². The van der Waals surface area contributed by atoms with Gasteiger partial charge in [-0.2, -0.15) is 4.98 Å². The molecule has 9 nitrogen and oxygen atoms in total. The summed E-state index contributed by atoms with van der Waals surface area (Å²) in [5.74, 6) is 0.915. The number of benzene rings is 2. The summed E-state index contributed by atoms with van der Waals surface area (Å²) in [5, 5.41) is 17.5. The Bertz CT molecular complexity index is 1210. The predicted molar refractivity (Wildman–Crippen MR) is 114 cm³/mol. The highest BCUT2D eigenvalue weighted by Gasteiger charge is 2.20. The lowest BCUT2D eigenvalue weighted by molar-refractivity contribution is 0.247. The maximum absolute atomic E-state index is 14.0. The first kappa shape index (κ1) is 21.2. The van der Waals surface area contributed by atoms with Crippen LogP contribution >= 0.6 is 0 Å². The fourth-order valence-corrected chi connectivity index (χ4v) is 3.25. The van der Waals surface area contributed by atoms with Crippen molar-refractivity contribution in [1.29, 1.82) is 0 Å². The highest BCUT2D eigenvalue weighted by atomic mass is 19.1. The molecule has 10 heteroatoms. The molecule has 0 bridgehead atoms. The third-order valence-electron chi connectivity index (χ3n) is 4.95. The second-order valence-corrected chi connectivity index (χ2v) is 7.27. The van der Waals surface area contributed by atoms with Crippen LogP contribution in [-0.2, 0) is 13.0 Å². The third kappa shape index (κ3) is 4.97. The fourth-order valence-electron chi connectivity index (χ4n) is 3.25. The zero-order valence-corrected chi connectivity index (χ0v) is 17.6. The first-order valence-corrected chi connectivity index (χ1v) is 10.0. The molecule has 4 rings (SSSR count). The maximum atomic E-state index is 14.0. The molecule has 1 unspecified atom stereocenters. The van der Waals surface area contributed by atoms with E-state index in [0.29, 0.717) is 35.2 Å². The fraction of sp³-hybridized carbons (Fsp3) is 0.227. The highest BCUT2D eigenvalue weighted by molar-refractivity contribution is 5.89. The minimum Gasteiger partial charge on any atom is -0.339 e. The number of urea groups is 1. The van der Waals surface area contributed by atoms with Crippen LogP contribution in [0.15, 0.2) is 59.1 Å². The van der Waals surface area contributed by atoms with Crippen molar-refractivity contribution >= 4 is 11.8 Å². The van der Waals surface area contributed by atoms with E-state index in [-0.39, 0.29) is 12.4 Å². The van der Waals surface area contributed by atoms with E-state index >= 15 is 0 Å². The molecular formula is C22H22FN7O2. The summed E-state index contributed by atoms with van der Waals surface area (Å²) in [6.07, 6.45) is 0.331. The Kier molecular flexibility index (Phi) is 6.20. The minimum absolute atomic E-state index is 0.206. The van der Waals surface area contributed by atoms with Crippen molar-refractivity contribution in [2.75, 3.05) is 5.32 Å². The van der Waals surface area contributed by atoms with Crippen molar-refractivity contribution in [3.8, 4) is 0 Å². The first-order valence-electron chi connectivity index (χ1n) is 10.0. The van der Waals surface area contributed by atoms with Crippen LogP contribution in [0.4, 0.5) is 15.0 Å². The lowest BCUT2D eigenvalue weighted by atomic mass is 10.0. The summed E-state index contributed by atoms with van der Waals surface area (Å²) in [6, 6.07) is 15.1. The summed E-state index contributed by atoms with van der Waals surface area (Å²) in [4.78, 5) is 17.0. The number of halogens is 1. The topological polar surface area (TPSA) is 111 Å². The quantitative estimate of drug-likeness (QED) is 0.459. The van der Waals surface area contributed by atoms with Gasteiger partial charge in [0.1, 0.15) is 5.82 Å². The molecule has 1 atom stereocenters. The van der Waals surface area contributed by atoms with Gasteiger partial charge in [-0.1, -0.05) is 58.9 Å². The van der Waals surface area contributed by atoms with Crippen LogP contribution in [0.5, 0.6) is 0 Å². The van der Waals surface area contributed by atoms with Crippen molar-refractivity contribution in [1.82, 2.24) is 30.5 Å². The minimum atomic E-state index is -0.462. The Labute approximate surface area is 183 Å². The highest BCUT2D eigenvalue weighted by Crippen LogP contribution is 2.19. The number of nitrogens with one attached hydrogen (secondary N) is 2. The van der Waals surface area contributed by atoms with Crippen LogP contribution in [0, 0.1) is 19.7 Å². The summed E-state index contributed by atoms with van der Waals surface area (Å²) in [5.41, 5.74) is 1.97. The van der Waals surface area contributed by atoms with Crippen LogP contribution in [0.3, 0.4) is 0 Å². The summed E-state index contributed by atoms with van der Waals surface area (Å²) in [6.45, 7) is 3.70. The Balaban J connectivity index is 1.46. The SMILES string of the molecule is Cc1noc(CC(NC(=O)Nc2nnn(Cc3ccccc3F)c2C)c2ccccc2)n1. The number of anilines is 1. The lowest BCUT2D eigenvalue weighted by Gasteiger charge is -2.17. The van der Waals surface area contributed by atoms with Crippen LogP contribution < -0.4 is 10.6 Å². The molecule has 0 saturated carbocycles. The molecule has 2 aromatic carbocycles. The van der Waals surface area contributed by atoms with E-state index in [0.717, 1.165) is 5.56 Å². The first-order chi connectivity index (χ1) is 15.5. The molecule has 0 aliphatic heterocycles. The Morgan fingerprint density at radius 1 is 1.12 bits per heavy atom. The zero-order valence-electron chi connectivity index (χ0n) is 17.6. The maximum Gasteiger partial charge on any atom is 0.321 e. The monoisotopic (exact) mass is 435 g/mol. The van der Waals surface area contributed by atoms with Gasteiger partial charge in [-0.3, -0.25) is 5.32 Å². The predicted octanol–water partition coefficient (Wildman–Crippen LogP) is 3.57. The summed E-state index contributed by atoms with van der Waals surface area (Å²) in [7, 11) is 0. The molecule has 0 saturated heterocycles. The molecule has 0 spiro atoms. The van der Waals surface area contributed by atoms with Crippen molar-refractivity contribution in [3.05, 3.63) is 89.0 Å². The molecule has 2 aromatic heterocycles. The van der Waals surface area contributed by atoms with Gasteiger partial charge in [-0.05, 0) is 25.5 Å². The van der Waals surface area contributed by atoms with Gasteiger partial charge < -0.3 is 9.84 Å². The molecule has 0 aliphatic rings. The number of amides is 2. The Morgan fingerprint density at radius 3 is 2.59 bits per heavy atom. The van der Waals surface area contributed by atoms with Crippen molar-refractivity contribution < 1.29 is 13.7 Å². The van der Waals surface area contributed by atoms with Gasteiger partial charge in [0, 0.05) is 5.56 Å². The van der Waals surface area contributed by atoms with Gasteiger partial charge in [0.15, 0.2) is 11.6 Å². The van der Waals surface area contributed by atoms with Gasteiger partial charge in [0.25, 0.3) is 0 Å². The molecule has 164 valence electrons. The lowest BCUT2D eigenvalue weighted by Crippen LogP contribution is -2.34. The molecule has 0 radical (unpaired) electrons. The second kappa shape index (κ2) is 9.38. The Hall–Kier alpha value is -4.08. The van der Waals surface area contributed by atoms with Gasteiger partial charge in [-0.25, -0.2) is 13.9 Å². The number of rotatable bonds is 7. The second-order valence-electron chi connectivity index (χ2n) is 7.27. The zero-order chi connectivity index (χ0) is 22.5. The summed E-state index contributed by atoms with van der Waals surface area (Å²) >= 11 is 0. The average molecular weight is 435 g/mol. The smallest absolute Gasteiger partial charge is 0.321 e. The van der Waals surface area contributed by atoms with Crippen molar-refractivity contribution in [2.45, 2.75) is 32.9 Å². The van der Waals surface area contributed by atoms with Crippen LogP contribution in [0.1, 0.15) is 34.6 Å². The van der Waals surface area contributed by atoms with Crippen molar-refractivity contribution in [3.63, 3.8) is 0 Å². The van der Waals surface area contributed by atoms with E-state index < -0.39 is 12.1 Å². The molecule has 2 amide bonds. The van der Waals surface area contributed by atoms with E-state index in [4.69, 9.17) is 4.52 Å². The average Bonchev–Trinajstić information content (AvgIpc) is 3.35. The van der Waals surface area contributed by atoms with Crippen LogP contribution in [0.25, 0.3) is 0 Å². The van der Waals surface area contributed by atoms with Crippen LogP contribution in [0.2, 0.25) is 0 Å². The van der Waals surface area contributed by atoms with E-state index in [1.54, 1.807) is 32.0 Å². The number of carbonyl (C=O) groups excluding carboxylic acids is 1. The Morgan fingerprint density at radius 2 is 1.88 bits per heavy atom. The molecule has 0 fully saturated rings.